The number of rotatable bonds is 6. The summed E-state index contributed by atoms with van der Waals surface area (Å²) in [6.07, 6.45) is 4.97. The summed E-state index contributed by atoms with van der Waals surface area (Å²) in [5.74, 6) is -0.829. The van der Waals surface area contributed by atoms with Crippen molar-refractivity contribution in [3.63, 3.8) is 0 Å². The van der Waals surface area contributed by atoms with E-state index < -0.39 is 15.9 Å². The number of nitrogens with one attached hydrogen (secondary N) is 1. The van der Waals surface area contributed by atoms with E-state index in [0.29, 0.717) is 29.6 Å². The van der Waals surface area contributed by atoms with E-state index in [2.05, 4.69) is 10.3 Å². The summed E-state index contributed by atoms with van der Waals surface area (Å²) in [7, 11) is -3.59. The molecule has 162 valence electrons. The molecular weight excluding hydrogens is 439 g/mol. The summed E-state index contributed by atoms with van der Waals surface area (Å²) in [5.41, 5.74) is 1.21. The standard InChI is InChI=1S/C21H21FN4O3S2/c1-30-21-23-14-19(26(21)17-9-7-15(22)8-10-17)20(27)24-16-5-4-6-18(13-16)31(28,29)25-11-2-3-12-25/h4-10,13-14H,2-3,11-12H2,1H3,(H,24,27). The van der Waals surface area contributed by atoms with E-state index in [-0.39, 0.29) is 16.4 Å². The molecule has 1 N–H and O–H groups in total. The first-order valence-electron chi connectivity index (χ1n) is 9.69. The normalized spacial score (nSPS) is 14.6. The fourth-order valence-electron chi connectivity index (χ4n) is 3.49. The molecule has 2 aromatic carbocycles. The van der Waals surface area contributed by atoms with Crippen LogP contribution in [0.2, 0.25) is 0 Å². The minimum Gasteiger partial charge on any atom is -0.321 e. The van der Waals surface area contributed by atoms with Crippen molar-refractivity contribution < 1.29 is 17.6 Å². The molecule has 2 heterocycles. The van der Waals surface area contributed by atoms with Crippen molar-refractivity contribution in [2.24, 2.45) is 0 Å². The summed E-state index contributed by atoms with van der Waals surface area (Å²) >= 11 is 1.35. The highest BCUT2D eigenvalue weighted by Gasteiger charge is 2.27. The molecule has 4 rings (SSSR count). The van der Waals surface area contributed by atoms with Crippen LogP contribution in [0.1, 0.15) is 23.3 Å². The Morgan fingerprint density at radius 2 is 1.84 bits per heavy atom. The van der Waals surface area contributed by atoms with Crippen molar-refractivity contribution in [3.8, 4) is 5.69 Å². The third-order valence-corrected chi connectivity index (χ3v) is 7.57. The summed E-state index contributed by atoms with van der Waals surface area (Å²) in [6, 6.07) is 12.0. The lowest BCUT2D eigenvalue weighted by molar-refractivity contribution is 0.102. The molecule has 0 saturated carbocycles. The average Bonchev–Trinajstić information content (AvgIpc) is 3.45. The Kier molecular flexibility index (Phi) is 6.12. The SMILES string of the molecule is CSc1ncc(C(=O)Nc2cccc(S(=O)(=O)N3CCCC3)c2)n1-c1ccc(F)cc1. The van der Waals surface area contributed by atoms with Gasteiger partial charge >= 0.3 is 0 Å². The largest absolute Gasteiger partial charge is 0.321 e. The Bertz CT molecular complexity index is 1200. The lowest BCUT2D eigenvalue weighted by atomic mass is 10.3. The number of benzene rings is 2. The van der Waals surface area contributed by atoms with Crippen LogP contribution in [0.15, 0.2) is 64.8 Å². The third kappa shape index (κ3) is 4.36. The highest BCUT2D eigenvalue weighted by Crippen LogP contribution is 2.25. The van der Waals surface area contributed by atoms with E-state index in [1.807, 2.05) is 6.26 Å². The van der Waals surface area contributed by atoms with Crippen LogP contribution < -0.4 is 5.32 Å². The Morgan fingerprint density at radius 1 is 1.13 bits per heavy atom. The van der Waals surface area contributed by atoms with Crippen LogP contribution in [0.25, 0.3) is 5.69 Å². The van der Waals surface area contributed by atoms with Crippen molar-refractivity contribution in [1.82, 2.24) is 13.9 Å². The van der Waals surface area contributed by atoms with Gasteiger partial charge in [-0.15, -0.1) is 0 Å². The number of amides is 1. The number of sulfonamides is 1. The first kappa shape index (κ1) is 21.5. The zero-order chi connectivity index (χ0) is 22.0. The molecule has 1 aliphatic rings. The monoisotopic (exact) mass is 460 g/mol. The van der Waals surface area contributed by atoms with Crippen LogP contribution in [0.4, 0.5) is 10.1 Å². The van der Waals surface area contributed by atoms with Gasteiger partial charge in [-0.1, -0.05) is 17.8 Å². The van der Waals surface area contributed by atoms with Crippen molar-refractivity contribution in [2.75, 3.05) is 24.7 Å². The van der Waals surface area contributed by atoms with Gasteiger partial charge < -0.3 is 5.32 Å². The number of hydrogen-bond acceptors (Lipinski definition) is 5. The molecule has 1 aliphatic heterocycles. The van der Waals surface area contributed by atoms with Gasteiger partial charge in [0.2, 0.25) is 10.0 Å². The van der Waals surface area contributed by atoms with Gasteiger partial charge in [0.05, 0.1) is 11.1 Å². The molecule has 1 aromatic heterocycles. The molecule has 3 aromatic rings. The number of imidazole rings is 1. The van der Waals surface area contributed by atoms with Gasteiger partial charge in [-0.2, -0.15) is 4.31 Å². The van der Waals surface area contributed by atoms with Gasteiger partial charge in [0.15, 0.2) is 5.16 Å². The molecule has 0 radical (unpaired) electrons. The van der Waals surface area contributed by atoms with E-state index in [9.17, 15) is 17.6 Å². The van der Waals surface area contributed by atoms with Crippen LogP contribution >= 0.6 is 11.8 Å². The lowest BCUT2D eigenvalue weighted by Crippen LogP contribution is -2.28. The Labute approximate surface area is 184 Å². The molecular formula is C21H21FN4O3S2. The Balaban J connectivity index is 1.62. The number of carbonyl (C=O) groups is 1. The van der Waals surface area contributed by atoms with E-state index in [4.69, 9.17) is 0 Å². The van der Waals surface area contributed by atoms with E-state index >= 15 is 0 Å². The topological polar surface area (TPSA) is 84.3 Å². The summed E-state index contributed by atoms with van der Waals surface area (Å²) in [5, 5.41) is 3.33. The predicted octanol–water partition coefficient (Wildman–Crippen LogP) is 3.77. The van der Waals surface area contributed by atoms with Gasteiger partial charge in [-0.3, -0.25) is 9.36 Å². The minimum absolute atomic E-state index is 0.143. The van der Waals surface area contributed by atoms with E-state index in [1.165, 1.54) is 46.5 Å². The maximum absolute atomic E-state index is 13.3. The molecule has 31 heavy (non-hydrogen) atoms. The molecule has 1 amide bonds. The number of nitrogens with zero attached hydrogens (tertiary/aromatic N) is 3. The number of halogens is 1. The number of carbonyl (C=O) groups excluding carboxylic acids is 1. The first-order valence-corrected chi connectivity index (χ1v) is 12.4. The summed E-state index contributed by atoms with van der Waals surface area (Å²) in [4.78, 5) is 17.4. The van der Waals surface area contributed by atoms with Crippen LogP contribution in [0.3, 0.4) is 0 Å². The van der Waals surface area contributed by atoms with Crippen LogP contribution in [0, 0.1) is 5.82 Å². The van der Waals surface area contributed by atoms with Gasteiger partial charge in [0, 0.05) is 24.5 Å². The van der Waals surface area contributed by atoms with E-state index in [1.54, 1.807) is 28.8 Å². The second-order valence-electron chi connectivity index (χ2n) is 7.04. The molecule has 7 nitrogen and oxygen atoms in total. The minimum atomic E-state index is -3.59. The predicted molar refractivity (Wildman–Crippen MR) is 118 cm³/mol. The highest BCUT2D eigenvalue weighted by molar-refractivity contribution is 7.98. The molecule has 1 saturated heterocycles. The fourth-order valence-corrected chi connectivity index (χ4v) is 5.59. The molecule has 0 unspecified atom stereocenters. The van der Waals surface area contributed by atoms with Gasteiger partial charge in [0.25, 0.3) is 5.91 Å². The fraction of sp³-hybridized carbons (Fsp3) is 0.238. The zero-order valence-corrected chi connectivity index (χ0v) is 18.4. The van der Waals surface area contributed by atoms with Crippen molar-refractivity contribution in [2.45, 2.75) is 22.9 Å². The van der Waals surface area contributed by atoms with E-state index in [0.717, 1.165) is 12.8 Å². The van der Waals surface area contributed by atoms with Crippen molar-refractivity contribution in [1.29, 1.82) is 0 Å². The van der Waals surface area contributed by atoms with Crippen LogP contribution in [-0.2, 0) is 10.0 Å². The molecule has 0 aliphatic carbocycles. The zero-order valence-electron chi connectivity index (χ0n) is 16.8. The molecule has 0 bridgehead atoms. The Morgan fingerprint density at radius 3 is 2.52 bits per heavy atom. The third-order valence-electron chi connectivity index (χ3n) is 5.02. The number of aromatic nitrogens is 2. The molecule has 0 spiro atoms. The highest BCUT2D eigenvalue weighted by atomic mass is 32.2. The lowest BCUT2D eigenvalue weighted by Gasteiger charge is -2.16. The van der Waals surface area contributed by atoms with Crippen molar-refractivity contribution >= 4 is 33.4 Å². The van der Waals surface area contributed by atoms with Gasteiger partial charge in [-0.25, -0.2) is 17.8 Å². The summed E-state index contributed by atoms with van der Waals surface area (Å²) in [6.45, 7) is 1.01. The molecule has 0 atom stereocenters. The second kappa shape index (κ2) is 8.81. The first-order chi connectivity index (χ1) is 14.9. The van der Waals surface area contributed by atoms with Gasteiger partial charge in [-0.05, 0) is 61.6 Å². The summed E-state index contributed by atoms with van der Waals surface area (Å²) < 4.78 is 42.1. The van der Waals surface area contributed by atoms with Crippen LogP contribution in [-0.4, -0.2) is 47.5 Å². The second-order valence-corrected chi connectivity index (χ2v) is 9.75. The maximum Gasteiger partial charge on any atom is 0.274 e. The molecule has 10 heteroatoms. The number of hydrogen-bond donors (Lipinski definition) is 1. The number of anilines is 1. The maximum atomic E-state index is 13.3. The Hall–Kier alpha value is -2.69. The van der Waals surface area contributed by atoms with Gasteiger partial charge in [0.1, 0.15) is 11.5 Å². The van der Waals surface area contributed by atoms with Crippen LogP contribution in [0.5, 0.6) is 0 Å². The molecule has 1 fully saturated rings. The quantitative estimate of drug-likeness (QED) is 0.566. The van der Waals surface area contributed by atoms with Crippen molar-refractivity contribution in [3.05, 3.63) is 66.2 Å². The average molecular weight is 461 g/mol. The smallest absolute Gasteiger partial charge is 0.274 e. The number of thioether (sulfide) groups is 1.